The Balaban J connectivity index is 1.49. The highest BCUT2D eigenvalue weighted by atomic mass is 79.9. The normalized spacial score (nSPS) is 11.3. The fraction of sp³-hybridized carbons (Fsp3) is 0.150. The number of aromatic nitrogens is 4. The van der Waals surface area contributed by atoms with E-state index in [4.69, 9.17) is 4.74 Å². The summed E-state index contributed by atoms with van der Waals surface area (Å²) in [7, 11) is 1.62. The predicted octanol–water partition coefficient (Wildman–Crippen LogP) is 3.82. The molecule has 0 spiro atoms. The molecule has 0 amide bonds. The first kappa shape index (κ1) is 20.2. The van der Waals surface area contributed by atoms with Gasteiger partial charge in [-0.05, 0) is 42.8 Å². The number of methoxy groups -OCH3 is 1. The van der Waals surface area contributed by atoms with Crippen LogP contribution in [-0.2, 0) is 6.54 Å². The van der Waals surface area contributed by atoms with Gasteiger partial charge in [-0.1, -0.05) is 39.4 Å². The average Bonchev–Trinajstić information content (AvgIpc) is 3.21. The summed E-state index contributed by atoms with van der Waals surface area (Å²) in [4.78, 5) is 21.7. The van der Waals surface area contributed by atoms with Crippen molar-refractivity contribution < 1.29 is 4.74 Å². The standard InChI is InChI=1S/C20H17BrN6O2S/c1-12-24-17-7-6-14(21)9-16(17)19(28)27(12)23-11-18-25-26-20(30-18)22-10-13-4-3-5-15(8-13)29-2/h3-10,23H,11H2,1-2H3. The molecule has 0 aliphatic rings. The van der Waals surface area contributed by atoms with Gasteiger partial charge in [-0.2, -0.15) is 0 Å². The van der Waals surface area contributed by atoms with Crippen LogP contribution in [0.2, 0.25) is 0 Å². The SMILES string of the molecule is COc1cccc(C=Nc2nnc(CNn3c(C)nc4ccc(Br)cc4c3=O)s2)c1. The molecule has 30 heavy (non-hydrogen) atoms. The summed E-state index contributed by atoms with van der Waals surface area (Å²) < 4.78 is 7.46. The van der Waals surface area contributed by atoms with Gasteiger partial charge in [-0.25, -0.2) is 14.7 Å². The molecular weight excluding hydrogens is 468 g/mol. The number of benzene rings is 2. The topological polar surface area (TPSA) is 94.3 Å². The number of nitrogens with zero attached hydrogens (tertiary/aromatic N) is 5. The van der Waals surface area contributed by atoms with Crippen molar-refractivity contribution in [1.29, 1.82) is 0 Å². The molecule has 0 aliphatic heterocycles. The number of halogens is 1. The van der Waals surface area contributed by atoms with Crippen molar-refractivity contribution >= 4 is 49.5 Å². The largest absolute Gasteiger partial charge is 0.497 e. The number of hydrogen-bond donors (Lipinski definition) is 1. The second-order valence-corrected chi connectivity index (χ2v) is 8.27. The number of ether oxygens (including phenoxy) is 1. The highest BCUT2D eigenvalue weighted by Crippen LogP contribution is 2.20. The summed E-state index contributed by atoms with van der Waals surface area (Å²) in [5.74, 6) is 1.33. The second kappa shape index (κ2) is 8.72. The third-order valence-corrected chi connectivity index (χ3v) is 5.58. The van der Waals surface area contributed by atoms with Crippen LogP contribution in [0.5, 0.6) is 5.75 Å². The summed E-state index contributed by atoms with van der Waals surface area (Å²) in [5.41, 5.74) is 4.47. The molecule has 152 valence electrons. The van der Waals surface area contributed by atoms with E-state index in [2.05, 4.69) is 41.5 Å². The van der Waals surface area contributed by atoms with Crippen molar-refractivity contribution in [1.82, 2.24) is 19.9 Å². The molecule has 0 bridgehead atoms. The van der Waals surface area contributed by atoms with Gasteiger partial charge in [0.1, 0.15) is 16.6 Å². The van der Waals surface area contributed by atoms with E-state index in [1.807, 2.05) is 36.4 Å². The summed E-state index contributed by atoms with van der Waals surface area (Å²) in [6.07, 6.45) is 1.71. The fourth-order valence-electron chi connectivity index (χ4n) is 2.82. The first-order chi connectivity index (χ1) is 14.5. The molecule has 2 aromatic heterocycles. The summed E-state index contributed by atoms with van der Waals surface area (Å²) in [6.45, 7) is 2.11. The van der Waals surface area contributed by atoms with E-state index >= 15 is 0 Å². The molecule has 0 aliphatic carbocycles. The van der Waals surface area contributed by atoms with E-state index in [9.17, 15) is 4.79 Å². The van der Waals surface area contributed by atoms with E-state index in [0.717, 1.165) is 15.8 Å². The Bertz CT molecular complexity index is 1300. The van der Waals surface area contributed by atoms with Crippen LogP contribution in [-0.4, -0.2) is 33.2 Å². The van der Waals surface area contributed by atoms with Crippen molar-refractivity contribution in [3.05, 3.63) is 73.7 Å². The van der Waals surface area contributed by atoms with Crippen molar-refractivity contribution in [2.24, 2.45) is 4.99 Å². The van der Waals surface area contributed by atoms with Gasteiger partial charge in [0, 0.05) is 10.7 Å². The summed E-state index contributed by atoms with van der Waals surface area (Å²) >= 11 is 4.74. The van der Waals surface area contributed by atoms with E-state index < -0.39 is 0 Å². The van der Waals surface area contributed by atoms with Crippen LogP contribution in [0.25, 0.3) is 10.9 Å². The van der Waals surface area contributed by atoms with Gasteiger partial charge in [-0.3, -0.25) is 4.79 Å². The molecule has 1 N–H and O–H groups in total. The zero-order valence-corrected chi connectivity index (χ0v) is 18.6. The predicted molar refractivity (Wildman–Crippen MR) is 122 cm³/mol. The minimum Gasteiger partial charge on any atom is -0.497 e. The van der Waals surface area contributed by atoms with Crippen LogP contribution >= 0.6 is 27.3 Å². The van der Waals surface area contributed by atoms with Gasteiger partial charge in [-0.15, -0.1) is 10.2 Å². The number of hydrogen-bond acceptors (Lipinski definition) is 8. The molecule has 4 rings (SSSR count). The first-order valence-corrected chi connectivity index (χ1v) is 10.6. The molecule has 10 heteroatoms. The zero-order chi connectivity index (χ0) is 21.1. The molecular formula is C20H17BrN6O2S. The zero-order valence-electron chi connectivity index (χ0n) is 16.2. The minimum absolute atomic E-state index is 0.167. The molecule has 0 saturated heterocycles. The second-order valence-electron chi connectivity index (χ2n) is 6.31. The molecule has 4 aromatic rings. The summed E-state index contributed by atoms with van der Waals surface area (Å²) in [6, 6.07) is 13.0. The van der Waals surface area contributed by atoms with Crippen LogP contribution in [0.3, 0.4) is 0 Å². The Morgan fingerprint density at radius 2 is 2.13 bits per heavy atom. The highest BCUT2D eigenvalue weighted by molar-refractivity contribution is 9.10. The Morgan fingerprint density at radius 3 is 2.97 bits per heavy atom. The Labute approximate surface area is 184 Å². The van der Waals surface area contributed by atoms with E-state index in [-0.39, 0.29) is 5.56 Å². The Kier molecular flexibility index (Phi) is 5.86. The average molecular weight is 485 g/mol. The molecule has 0 saturated carbocycles. The molecule has 2 aromatic carbocycles. The molecule has 0 fully saturated rings. The van der Waals surface area contributed by atoms with E-state index in [1.54, 1.807) is 26.3 Å². The van der Waals surface area contributed by atoms with Crippen molar-refractivity contribution in [2.45, 2.75) is 13.5 Å². The maximum absolute atomic E-state index is 12.8. The lowest BCUT2D eigenvalue weighted by molar-refractivity contribution is 0.415. The molecule has 0 atom stereocenters. The fourth-order valence-corrected chi connectivity index (χ4v) is 3.80. The third-order valence-electron chi connectivity index (χ3n) is 4.26. The minimum atomic E-state index is -0.167. The van der Waals surface area contributed by atoms with Crippen LogP contribution in [0, 0.1) is 6.92 Å². The quantitative estimate of drug-likeness (QED) is 0.418. The van der Waals surface area contributed by atoms with Gasteiger partial charge in [0.15, 0.2) is 0 Å². The Morgan fingerprint density at radius 1 is 1.27 bits per heavy atom. The lowest BCUT2D eigenvalue weighted by Crippen LogP contribution is -2.31. The van der Waals surface area contributed by atoms with Crippen LogP contribution in [0.4, 0.5) is 5.13 Å². The van der Waals surface area contributed by atoms with Crippen molar-refractivity contribution in [3.63, 3.8) is 0 Å². The molecule has 8 nitrogen and oxygen atoms in total. The van der Waals surface area contributed by atoms with Gasteiger partial charge in [0.05, 0.1) is 24.6 Å². The van der Waals surface area contributed by atoms with Crippen LogP contribution in [0.15, 0.2) is 56.7 Å². The number of fused-ring (bicyclic) bond motifs is 1. The number of aryl methyl sites for hydroxylation is 1. The third kappa shape index (κ3) is 4.39. The Hall–Kier alpha value is -3.11. The lowest BCUT2D eigenvalue weighted by Gasteiger charge is -2.12. The molecule has 2 heterocycles. The van der Waals surface area contributed by atoms with Gasteiger partial charge in [0.25, 0.3) is 5.56 Å². The summed E-state index contributed by atoms with van der Waals surface area (Å²) in [5, 5.41) is 9.98. The lowest BCUT2D eigenvalue weighted by atomic mass is 10.2. The van der Waals surface area contributed by atoms with E-state index in [0.29, 0.717) is 33.4 Å². The number of nitrogens with one attached hydrogen (secondary N) is 1. The number of aliphatic imine (C=N–C) groups is 1. The molecule has 0 radical (unpaired) electrons. The van der Waals surface area contributed by atoms with Crippen molar-refractivity contribution in [2.75, 3.05) is 12.5 Å². The smallest absolute Gasteiger partial charge is 0.279 e. The maximum Gasteiger partial charge on any atom is 0.279 e. The molecule has 0 unspecified atom stereocenters. The van der Waals surface area contributed by atoms with Gasteiger partial charge in [0.2, 0.25) is 5.13 Å². The van der Waals surface area contributed by atoms with Gasteiger partial charge < -0.3 is 10.2 Å². The first-order valence-electron chi connectivity index (χ1n) is 8.97. The number of rotatable bonds is 6. The monoisotopic (exact) mass is 484 g/mol. The maximum atomic E-state index is 12.8. The highest BCUT2D eigenvalue weighted by Gasteiger charge is 2.10. The van der Waals surface area contributed by atoms with E-state index in [1.165, 1.54) is 16.0 Å². The van der Waals surface area contributed by atoms with Crippen molar-refractivity contribution in [3.8, 4) is 5.75 Å². The van der Waals surface area contributed by atoms with Crippen LogP contribution < -0.4 is 15.7 Å². The van der Waals surface area contributed by atoms with Gasteiger partial charge >= 0.3 is 0 Å². The van der Waals surface area contributed by atoms with Crippen LogP contribution in [0.1, 0.15) is 16.4 Å².